The highest BCUT2D eigenvalue weighted by atomic mass is 16.5. The van der Waals surface area contributed by atoms with E-state index in [1.54, 1.807) is 0 Å². The largest absolute Gasteiger partial charge is 0.469 e. The monoisotopic (exact) mass is 319 g/mol. The Labute approximate surface area is 137 Å². The van der Waals surface area contributed by atoms with Crippen LogP contribution < -0.4 is 4.90 Å². The van der Waals surface area contributed by atoms with Crippen LogP contribution in [0.3, 0.4) is 0 Å². The van der Waals surface area contributed by atoms with Crippen LogP contribution in [0, 0.1) is 5.41 Å². The van der Waals surface area contributed by atoms with Crippen molar-refractivity contribution in [1.29, 1.82) is 0 Å². The molecular weight excluding hydrogens is 294 g/mol. The Morgan fingerprint density at radius 3 is 2.57 bits per heavy atom. The standard InChI is InChI=1S/C18H25NO4/c1-19-13-18(12-17(21)23-3,10-6-9-16(20)22-2)11-14-7-4-5-8-15(14)19/h4-5,7-8H,6,9-13H2,1-3H3/t18-/m0/s1. The van der Waals surface area contributed by atoms with Gasteiger partial charge in [-0.1, -0.05) is 18.2 Å². The number of nitrogens with zero attached hydrogens (tertiary/aromatic N) is 1. The molecule has 1 aromatic carbocycles. The number of anilines is 1. The van der Waals surface area contributed by atoms with Crippen molar-refractivity contribution in [3.8, 4) is 0 Å². The molecule has 0 spiro atoms. The minimum Gasteiger partial charge on any atom is -0.469 e. The molecule has 0 aliphatic carbocycles. The van der Waals surface area contributed by atoms with Crippen LogP contribution in [-0.2, 0) is 25.5 Å². The summed E-state index contributed by atoms with van der Waals surface area (Å²) in [6.07, 6.45) is 3.06. The van der Waals surface area contributed by atoms with Crippen LogP contribution in [0.25, 0.3) is 0 Å². The van der Waals surface area contributed by atoms with Crippen molar-refractivity contribution in [2.75, 3.05) is 32.7 Å². The van der Waals surface area contributed by atoms with Crippen molar-refractivity contribution in [3.63, 3.8) is 0 Å². The first-order valence-electron chi connectivity index (χ1n) is 7.92. The van der Waals surface area contributed by atoms with Gasteiger partial charge < -0.3 is 14.4 Å². The molecule has 5 nitrogen and oxygen atoms in total. The zero-order valence-corrected chi connectivity index (χ0v) is 14.1. The number of para-hydroxylation sites is 1. The molecule has 0 saturated heterocycles. The van der Waals surface area contributed by atoms with E-state index in [0.29, 0.717) is 19.3 Å². The minimum absolute atomic E-state index is 0.198. The third-order valence-electron chi connectivity index (χ3n) is 4.60. The Bertz CT molecular complexity index is 572. The second kappa shape index (κ2) is 7.49. The summed E-state index contributed by atoms with van der Waals surface area (Å²) in [5, 5.41) is 0. The number of hydrogen-bond acceptors (Lipinski definition) is 5. The number of carbonyl (C=O) groups is 2. The average Bonchev–Trinajstić information content (AvgIpc) is 2.54. The average molecular weight is 319 g/mol. The third-order valence-corrected chi connectivity index (χ3v) is 4.60. The molecule has 1 atom stereocenters. The smallest absolute Gasteiger partial charge is 0.306 e. The molecule has 0 unspecified atom stereocenters. The number of hydrogen-bond donors (Lipinski definition) is 0. The summed E-state index contributed by atoms with van der Waals surface area (Å²) in [4.78, 5) is 25.5. The number of benzene rings is 1. The van der Waals surface area contributed by atoms with Crippen molar-refractivity contribution in [2.24, 2.45) is 5.41 Å². The molecule has 23 heavy (non-hydrogen) atoms. The van der Waals surface area contributed by atoms with Gasteiger partial charge in [-0.25, -0.2) is 0 Å². The van der Waals surface area contributed by atoms with Crippen LogP contribution in [0.4, 0.5) is 5.69 Å². The number of carbonyl (C=O) groups excluding carboxylic acids is 2. The molecular formula is C18H25NO4. The van der Waals surface area contributed by atoms with Gasteiger partial charge in [0.1, 0.15) is 0 Å². The van der Waals surface area contributed by atoms with Crippen LogP contribution in [0.5, 0.6) is 0 Å². The summed E-state index contributed by atoms with van der Waals surface area (Å²) < 4.78 is 9.61. The Morgan fingerprint density at radius 2 is 1.87 bits per heavy atom. The van der Waals surface area contributed by atoms with Crippen LogP contribution in [-0.4, -0.2) is 39.8 Å². The minimum atomic E-state index is -0.206. The molecule has 0 saturated carbocycles. The fourth-order valence-electron chi connectivity index (χ4n) is 3.54. The lowest BCUT2D eigenvalue weighted by atomic mass is 9.72. The molecule has 0 fully saturated rings. The topological polar surface area (TPSA) is 55.8 Å². The van der Waals surface area contributed by atoms with Gasteiger partial charge in [-0.2, -0.15) is 0 Å². The lowest BCUT2D eigenvalue weighted by Gasteiger charge is -2.43. The molecule has 1 aromatic rings. The molecule has 0 aromatic heterocycles. The molecule has 5 heteroatoms. The summed E-state index contributed by atoms with van der Waals surface area (Å²) in [7, 11) is 4.87. The lowest BCUT2D eigenvalue weighted by molar-refractivity contribution is -0.143. The predicted molar refractivity (Wildman–Crippen MR) is 88.3 cm³/mol. The molecule has 126 valence electrons. The molecule has 1 aliphatic rings. The van der Waals surface area contributed by atoms with E-state index in [1.165, 1.54) is 25.5 Å². The highest BCUT2D eigenvalue weighted by Crippen LogP contribution is 2.41. The zero-order valence-electron chi connectivity index (χ0n) is 14.1. The van der Waals surface area contributed by atoms with Crippen molar-refractivity contribution in [3.05, 3.63) is 29.8 Å². The second-order valence-corrected chi connectivity index (χ2v) is 6.34. The molecule has 2 rings (SSSR count). The third kappa shape index (κ3) is 4.24. The van der Waals surface area contributed by atoms with E-state index < -0.39 is 0 Å². The van der Waals surface area contributed by atoms with E-state index in [-0.39, 0.29) is 17.4 Å². The van der Waals surface area contributed by atoms with E-state index in [9.17, 15) is 9.59 Å². The molecule has 1 aliphatic heterocycles. The summed E-state index contributed by atoms with van der Waals surface area (Å²) >= 11 is 0. The van der Waals surface area contributed by atoms with Gasteiger partial charge in [0.15, 0.2) is 0 Å². The molecule has 0 N–H and O–H groups in total. The van der Waals surface area contributed by atoms with Gasteiger partial charge in [0, 0.05) is 31.1 Å². The van der Waals surface area contributed by atoms with Crippen LogP contribution in [0.1, 0.15) is 31.2 Å². The van der Waals surface area contributed by atoms with Gasteiger partial charge in [0.2, 0.25) is 0 Å². The molecule has 0 amide bonds. The molecule has 1 heterocycles. The number of fused-ring (bicyclic) bond motifs is 1. The van der Waals surface area contributed by atoms with E-state index >= 15 is 0 Å². The fraction of sp³-hybridized carbons (Fsp3) is 0.556. The van der Waals surface area contributed by atoms with E-state index in [0.717, 1.165) is 19.4 Å². The van der Waals surface area contributed by atoms with E-state index in [1.807, 2.05) is 19.2 Å². The Hall–Kier alpha value is -2.04. The maximum absolute atomic E-state index is 11.9. The van der Waals surface area contributed by atoms with Crippen molar-refractivity contribution in [2.45, 2.75) is 32.1 Å². The van der Waals surface area contributed by atoms with Crippen LogP contribution >= 0.6 is 0 Å². The van der Waals surface area contributed by atoms with E-state index in [4.69, 9.17) is 9.47 Å². The highest BCUT2D eigenvalue weighted by Gasteiger charge is 2.38. The summed E-state index contributed by atoms with van der Waals surface area (Å²) in [6.45, 7) is 0.778. The van der Waals surface area contributed by atoms with Gasteiger partial charge in [-0.3, -0.25) is 9.59 Å². The molecule has 0 radical (unpaired) electrons. The van der Waals surface area contributed by atoms with Crippen molar-refractivity contribution < 1.29 is 19.1 Å². The van der Waals surface area contributed by atoms with Crippen LogP contribution in [0.2, 0.25) is 0 Å². The quantitative estimate of drug-likeness (QED) is 0.754. The summed E-state index contributed by atoms with van der Waals surface area (Å²) in [5.41, 5.74) is 2.24. The number of methoxy groups -OCH3 is 2. The second-order valence-electron chi connectivity index (χ2n) is 6.34. The van der Waals surface area contributed by atoms with Crippen LogP contribution in [0.15, 0.2) is 24.3 Å². The molecule has 0 bridgehead atoms. The predicted octanol–water partition coefficient (Wildman–Crippen LogP) is 2.57. The highest BCUT2D eigenvalue weighted by molar-refractivity contribution is 5.71. The number of esters is 2. The maximum Gasteiger partial charge on any atom is 0.306 e. The number of rotatable bonds is 6. The lowest BCUT2D eigenvalue weighted by Crippen LogP contribution is -2.43. The van der Waals surface area contributed by atoms with Crippen molar-refractivity contribution in [1.82, 2.24) is 0 Å². The summed E-state index contributed by atoms with van der Waals surface area (Å²) in [5.74, 6) is -0.404. The first kappa shape index (κ1) is 17.3. The van der Waals surface area contributed by atoms with E-state index in [2.05, 4.69) is 17.0 Å². The normalized spacial score (nSPS) is 19.9. The SMILES string of the molecule is COC(=O)CCC[C@@]1(CC(=O)OC)Cc2ccccc2N(C)C1. The zero-order chi connectivity index (χ0) is 16.9. The summed E-state index contributed by atoms with van der Waals surface area (Å²) in [6, 6.07) is 8.26. The fourth-order valence-corrected chi connectivity index (χ4v) is 3.54. The Kier molecular flexibility index (Phi) is 5.64. The van der Waals surface area contributed by atoms with Gasteiger partial charge in [-0.05, 0) is 30.9 Å². The Morgan fingerprint density at radius 1 is 1.17 bits per heavy atom. The van der Waals surface area contributed by atoms with Gasteiger partial charge in [0.05, 0.1) is 20.6 Å². The first-order valence-corrected chi connectivity index (χ1v) is 7.92. The first-order chi connectivity index (χ1) is 11.0. The number of ether oxygens (including phenoxy) is 2. The van der Waals surface area contributed by atoms with Crippen molar-refractivity contribution >= 4 is 17.6 Å². The van der Waals surface area contributed by atoms with Gasteiger partial charge in [-0.15, -0.1) is 0 Å². The Balaban J connectivity index is 2.18. The maximum atomic E-state index is 11.9. The van der Waals surface area contributed by atoms with Gasteiger partial charge in [0.25, 0.3) is 0 Å². The van der Waals surface area contributed by atoms with Gasteiger partial charge >= 0.3 is 11.9 Å².